The molecule has 2 nitrogen and oxygen atoms in total. The second-order valence-corrected chi connectivity index (χ2v) is 14.1. The highest BCUT2D eigenvalue weighted by Gasteiger charge is 2.24. The fourth-order valence-electron chi connectivity index (χ4n) is 8.41. The average Bonchev–Trinajstić information content (AvgIpc) is 3.64. The Morgan fingerprint density at radius 2 is 1.06 bits per heavy atom. The van der Waals surface area contributed by atoms with Gasteiger partial charge in [-0.05, 0) is 98.8 Å². The number of fused-ring (bicyclic) bond motifs is 3. The highest BCUT2D eigenvalue weighted by molar-refractivity contribution is 6.21. The third-order valence-electron chi connectivity index (χ3n) is 10.9. The molecule has 0 bridgehead atoms. The van der Waals surface area contributed by atoms with E-state index in [1.807, 2.05) is 0 Å². The number of benzene rings is 7. The molecule has 2 heteroatoms. The van der Waals surface area contributed by atoms with Crippen LogP contribution < -0.4 is 0 Å². The van der Waals surface area contributed by atoms with Crippen molar-refractivity contribution >= 4 is 33.2 Å². The molecular formula is C51H38N2. The van der Waals surface area contributed by atoms with Crippen molar-refractivity contribution in [2.75, 3.05) is 0 Å². The van der Waals surface area contributed by atoms with Crippen molar-refractivity contribution in [2.45, 2.75) is 25.7 Å². The van der Waals surface area contributed by atoms with Crippen molar-refractivity contribution < 1.29 is 0 Å². The summed E-state index contributed by atoms with van der Waals surface area (Å²) in [6, 6.07) is 55.4. The van der Waals surface area contributed by atoms with Crippen LogP contribution in [0.25, 0.3) is 83.6 Å². The maximum atomic E-state index is 5.42. The van der Waals surface area contributed by atoms with Crippen molar-refractivity contribution in [1.82, 2.24) is 9.55 Å². The van der Waals surface area contributed by atoms with Crippen LogP contribution >= 0.6 is 0 Å². The van der Waals surface area contributed by atoms with Crippen molar-refractivity contribution in [1.29, 1.82) is 0 Å². The number of aryl methyl sites for hydroxylation is 1. The fraction of sp³-hybridized carbons (Fsp3) is 0.0784. The summed E-state index contributed by atoms with van der Waals surface area (Å²) in [4.78, 5) is 5.42. The van der Waals surface area contributed by atoms with E-state index in [1.165, 1.54) is 54.9 Å². The maximum absolute atomic E-state index is 5.42. The molecule has 0 N–H and O–H groups in total. The highest BCUT2D eigenvalue weighted by Crippen LogP contribution is 2.45. The van der Waals surface area contributed by atoms with Gasteiger partial charge in [0.15, 0.2) is 0 Å². The van der Waals surface area contributed by atoms with E-state index in [9.17, 15) is 0 Å². The van der Waals surface area contributed by atoms with Crippen molar-refractivity contribution in [3.05, 3.63) is 193 Å². The predicted octanol–water partition coefficient (Wildman–Crippen LogP) is 13.5. The standard InChI is InChI=1S/C51H38N2/c1-4-17-37(18-5-1)49-50(38-19-6-2-7-20-38)53(51(52-49)39-21-8-3-9-22-39)42-32-30-36(31-33-42)47-43-24-12-14-26-45(43)48(46-27-15-13-25-44(46)47)41-29-28-35-16-10-11-23-40(35)34-41/h1-2,4-8,11-15,17-34H,3,9-10,16H2. The summed E-state index contributed by atoms with van der Waals surface area (Å²) in [6.45, 7) is 0. The molecule has 0 atom stereocenters. The molecule has 53 heavy (non-hydrogen) atoms. The molecule has 0 radical (unpaired) electrons. The van der Waals surface area contributed by atoms with Gasteiger partial charge < -0.3 is 0 Å². The Kier molecular flexibility index (Phi) is 7.80. The number of nitrogens with zero attached hydrogens (tertiary/aromatic N) is 2. The van der Waals surface area contributed by atoms with Crippen LogP contribution in [0.1, 0.15) is 36.2 Å². The summed E-state index contributed by atoms with van der Waals surface area (Å²) in [6.07, 6.45) is 15.7. The maximum Gasteiger partial charge on any atom is 0.145 e. The summed E-state index contributed by atoms with van der Waals surface area (Å²) in [5.74, 6) is 0.964. The van der Waals surface area contributed by atoms with Gasteiger partial charge in [0.2, 0.25) is 0 Å². The van der Waals surface area contributed by atoms with E-state index >= 15 is 0 Å². The molecule has 0 amide bonds. The van der Waals surface area contributed by atoms with Crippen molar-refractivity contribution in [3.8, 4) is 50.5 Å². The molecule has 0 unspecified atom stereocenters. The second kappa shape index (κ2) is 13.2. The van der Waals surface area contributed by atoms with Gasteiger partial charge in [0.05, 0.1) is 11.4 Å². The van der Waals surface area contributed by atoms with Gasteiger partial charge in [-0.2, -0.15) is 0 Å². The number of aromatic nitrogens is 2. The van der Waals surface area contributed by atoms with E-state index in [-0.39, 0.29) is 0 Å². The quantitative estimate of drug-likeness (QED) is 0.160. The van der Waals surface area contributed by atoms with Crippen LogP contribution in [0.4, 0.5) is 0 Å². The number of hydrogen-bond acceptors (Lipinski definition) is 1. The third-order valence-corrected chi connectivity index (χ3v) is 10.9. The first-order valence-corrected chi connectivity index (χ1v) is 18.8. The molecule has 0 saturated heterocycles. The minimum absolute atomic E-state index is 0.964. The smallest absolute Gasteiger partial charge is 0.145 e. The van der Waals surface area contributed by atoms with Crippen LogP contribution in [0.15, 0.2) is 176 Å². The molecule has 2 aliphatic carbocycles. The van der Waals surface area contributed by atoms with E-state index in [0.29, 0.717) is 0 Å². The third kappa shape index (κ3) is 5.46. The van der Waals surface area contributed by atoms with E-state index < -0.39 is 0 Å². The van der Waals surface area contributed by atoms with Gasteiger partial charge in [0.25, 0.3) is 0 Å². The Hall–Kier alpha value is -6.51. The Balaban J connectivity index is 1.18. The fourth-order valence-corrected chi connectivity index (χ4v) is 8.41. The normalized spacial score (nSPS) is 13.7. The summed E-state index contributed by atoms with van der Waals surface area (Å²) in [5.41, 5.74) is 14.4. The van der Waals surface area contributed by atoms with Gasteiger partial charge in [-0.25, -0.2) is 4.98 Å². The molecule has 7 aromatic carbocycles. The molecule has 2 aliphatic rings. The monoisotopic (exact) mass is 678 g/mol. The summed E-state index contributed by atoms with van der Waals surface area (Å²) < 4.78 is 2.37. The summed E-state index contributed by atoms with van der Waals surface area (Å²) >= 11 is 0. The Labute approximate surface area is 310 Å². The largest absolute Gasteiger partial charge is 0.292 e. The van der Waals surface area contributed by atoms with Crippen LogP contribution in [-0.2, 0) is 6.42 Å². The molecule has 0 fully saturated rings. The van der Waals surface area contributed by atoms with Gasteiger partial charge in [-0.1, -0.05) is 164 Å². The van der Waals surface area contributed by atoms with Crippen LogP contribution in [0, 0.1) is 0 Å². The first-order valence-electron chi connectivity index (χ1n) is 18.8. The zero-order chi connectivity index (χ0) is 35.1. The van der Waals surface area contributed by atoms with Gasteiger partial charge >= 0.3 is 0 Å². The number of hydrogen-bond donors (Lipinski definition) is 0. The van der Waals surface area contributed by atoms with Crippen LogP contribution in [0.3, 0.4) is 0 Å². The van der Waals surface area contributed by atoms with Crippen molar-refractivity contribution in [2.24, 2.45) is 0 Å². The molecule has 0 saturated carbocycles. The van der Waals surface area contributed by atoms with Crippen LogP contribution in [0.5, 0.6) is 0 Å². The number of rotatable bonds is 6. The molecule has 8 aromatic rings. The molecule has 10 rings (SSSR count). The molecule has 0 aliphatic heterocycles. The minimum Gasteiger partial charge on any atom is -0.292 e. The first-order chi connectivity index (χ1) is 26.3. The van der Waals surface area contributed by atoms with E-state index in [1.54, 1.807) is 0 Å². The SMILES string of the molecule is C1=CC(c2nc(-c3ccccc3)c(-c3ccccc3)n2-c2ccc(-c3c4ccccc4c(-c4ccc5c(c4)C=CCC5)c4ccccc34)cc2)=CCC1. The first kappa shape index (κ1) is 31.2. The molecule has 0 spiro atoms. The lowest BCUT2D eigenvalue weighted by molar-refractivity contribution is 0.986. The molecule has 252 valence electrons. The molecule has 1 aromatic heterocycles. The van der Waals surface area contributed by atoms with Crippen molar-refractivity contribution in [3.63, 3.8) is 0 Å². The van der Waals surface area contributed by atoms with Gasteiger partial charge in [0, 0.05) is 22.4 Å². The topological polar surface area (TPSA) is 17.8 Å². The molecule has 1 heterocycles. The number of imidazole rings is 1. The van der Waals surface area contributed by atoms with Gasteiger partial charge in [-0.3, -0.25) is 4.57 Å². The Bertz CT molecular complexity index is 2690. The van der Waals surface area contributed by atoms with Crippen LogP contribution in [0.2, 0.25) is 0 Å². The van der Waals surface area contributed by atoms with E-state index in [2.05, 4.69) is 187 Å². The second-order valence-electron chi connectivity index (χ2n) is 14.1. The Morgan fingerprint density at radius 1 is 0.472 bits per heavy atom. The summed E-state index contributed by atoms with van der Waals surface area (Å²) in [5, 5.41) is 5.08. The van der Waals surface area contributed by atoms with E-state index in [0.717, 1.165) is 65.3 Å². The van der Waals surface area contributed by atoms with Gasteiger partial charge in [-0.15, -0.1) is 0 Å². The minimum atomic E-state index is 0.964. The summed E-state index contributed by atoms with van der Waals surface area (Å²) in [7, 11) is 0. The lowest BCUT2D eigenvalue weighted by atomic mass is 9.84. The average molecular weight is 679 g/mol. The predicted molar refractivity (Wildman–Crippen MR) is 224 cm³/mol. The highest BCUT2D eigenvalue weighted by atomic mass is 15.1. The zero-order valence-corrected chi connectivity index (χ0v) is 29.5. The van der Waals surface area contributed by atoms with Crippen LogP contribution in [-0.4, -0.2) is 9.55 Å². The lowest BCUT2D eigenvalue weighted by Crippen LogP contribution is -2.03. The number of allylic oxidation sites excluding steroid dienone is 5. The zero-order valence-electron chi connectivity index (χ0n) is 29.5. The van der Waals surface area contributed by atoms with Gasteiger partial charge in [0.1, 0.15) is 5.82 Å². The molecular weight excluding hydrogens is 641 g/mol. The lowest BCUT2D eigenvalue weighted by Gasteiger charge is -2.20. The Morgan fingerprint density at radius 3 is 1.70 bits per heavy atom. The van der Waals surface area contributed by atoms with E-state index in [4.69, 9.17) is 4.98 Å².